The minimum atomic E-state index is -3.40. The van der Waals surface area contributed by atoms with Crippen LogP contribution in [0.3, 0.4) is 0 Å². The van der Waals surface area contributed by atoms with Crippen LogP contribution in [-0.2, 0) is 6.42 Å². The first-order valence-electron chi connectivity index (χ1n) is 9.32. The van der Waals surface area contributed by atoms with E-state index in [0.717, 1.165) is 5.56 Å². The van der Waals surface area contributed by atoms with Crippen LogP contribution in [-0.4, -0.2) is 30.0 Å². The molecule has 3 N–H and O–H groups in total. The maximum absolute atomic E-state index is 12.6. The van der Waals surface area contributed by atoms with Gasteiger partial charge in [-0.15, -0.1) is 0 Å². The number of ketones is 1. The number of hydrogen-bond donors (Lipinski definition) is 2. The lowest BCUT2D eigenvalue weighted by Crippen LogP contribution is -2.27. The van der Waals surface area contributed by atoms with Gasteiger partial charge in [-0.3, -0.25) is 4.79 Å². The molecule has 2 aromatic rings. The number of Topliss-reactive ketones (excluding diaryl/α,β-unsaturated/α-hetero) is 1. The molecule has 22 heavy (non-hydrogen) atoms. The summed E-state index contributed by atoms with van der Waals surface area (Å²) in [6.45, 7) is -6.30. The van der Waals surface area contributed by atoms with E-state index in [1.165, 1.54) is 18.2 Å². The quantitative estimate of drug-likeness (QED) is 0.733. The minimum absolute atomic E-state index is 0.0747. The zero-order valence-electron chi connectivity index (χ0n) is 17.0. The summed E-state index contributed by atoms with van der Waals surface area (Å²) in [6.07, 6.45) is -2.77. The summed E-state index contributed by atoms with van der Waals surface area (Å²) in [5, 5.41) is 9.90. The van der Waals surface area contributed by atoms with E-state index in [2.05, 4.69) is 0 Å². The Kier molecular flexibility index (Phi) is 3.98. The molecule has 0 saturated heterocycles. The summed E-state index contributed by atoms with van der Waals surface area (Å²) in [4.78, 5) is 12.6. The molecule has 1 unspecified atom stereocenters. The van der Waals surface area contributed by atoms with Gasteiger partial charge < -0.3 is 15.6 Å². The van der Waals surface area contributed by atoms with Crippen molar-refractivity contribution in [2.75, 3.05) is 13.1 Å². The van der Waals surface area contributed by atoms with Crippen molar-refractivity contribution in [1.82, 2.24) is 0 Å². The fraction of sp³-hybridized carbons (Fsp3) is 0.278. The fourth-order valence-electron chi connectivity index (χ4n) is 1.96. The van der Waals surface area contributed by atoms with Gasteiger partial charge in [-0.2, -0.15) is 0 Å². The average molecular weight is 304 g/mol. The summed E-state index contributed by atoms with van der Waals surface area (Å²) in [6, 6.07) is 15.2. The number of nitrogens with two attached hydrogens (primary N) is 1. The summed E-state index contributed by atoms with van der Waals surface area (Å²) in [5.74, 6) is -0.509. The van der Waals surface area contributed by atoms with Crippen LogP contribution in [0.5, 0.6) is 5.75 Å². The van der Waals surface area contributed by atoms with Crippen molar-refractivity contribution in [3.63, 3.8) is 0 Å². The molecular formula is C18H21NO3. The van der Waals surface area contributed by atoms with Crippen LogP contribution < -0.4 is 10.5 Å². The van der Waals surface area contributed by atoms with Gasteiger partial charge in [0.1, 0.15) is 18.4 Å². The number of hydrogen-bond acceptors (Lipinski definition) is 4. The van der Waals surface area contributed by atoms with Gasteiger partial charge >= 0.3 is 0 Å². The van der Waals surface area contributed by atoms with Gasteiger partial charge in [-0.05, 0) is 24.1 Å². The van der Waals surface area contributed by atoms with E-state index in [-0.39, 0.29) is 23.5 Å². The molecule has 2 rings (SSSR count). The first-order chi connectivity index (χ1) is 12.5. The van der Waals surface area contributed by atoms with Crippen LogP contribution in [0.15, 0.2) is 54.6 Å². The van der Waals surface area contributed by atoms with E-state index in [1.807, 2.05) is 30.3 Å². The predicted molar refractivity (Wildman–Crippen MR) is 86.1 cm³/mol. The zero-order chi connectivity index (χ0) is 20.3. The molecule has 0 fully saturated rings. The monoisotopic (exact) mass is 304 g/mol. The molecule has 4 heteroatoms. The Bertz CT molecular complexity index is 791. The van der Waals surface area contributed by atoms with Gasteiger partial charge in [0, 0.05) is 15.7 Å². The number of aryl methyl sites for hydroxylation is 1. The van der Waals surface area contributed by atoms with Gasteiger partial charge in [-0.1, -0.05) is 42.5 Å². The van der Waals surface area contributed by atoms with E-state index in [9.17, 15) is 9.90 Å². The van der Waals surface area contributed by atoms with Gasteiger partial charge in [0.2, 0.25) is 0 Å². The molecule has 0 aliphatic carbocycles. The van der Waals surface area contributed by atoms with Crippen LogP contribution in [0.1, 0.15) is 29.2 Å². The van der Waals surface area contributed by atoms with Crippen LogP contribution in [0.4, 0.5) is 0 Å². The van der Waals surface area contributed by atoms with Gasteiger partial charge in [-0.25, -0.2) is 0 Å². The number of rotatable bonds is 8. The van der Waals surface area contributed by atoms with E-state index < -0.39 is 19.1 Å². The number of ether oxygens (including phenoxy) is 1. The lowest BCUT2D eigenvalue weighted by molar-refractivity contribution is 0.0961. The van der Waals surface area contributed by atoms with Gasteiger partial charge in [0.15, 0.2) is 5.78 Å². The summed E-state index contributed by atoms with van der Waals surface area (Å²) in [5.41, 5.74) is 6.12. The Labute approximate surface area is 137 Å². The van der Waals surface area contributed by atoms with Crippen molar-refractivity contribution in [2.24, 2.45) is 5.73 Å². The molecule has 0 heterocycles. The molecule has 0 bridgehead atoms. The van der Waals surface area contributed by atoms with Crippen molar-refractivity contribution in [2.45, 2.75) is 18.9 Å². The highest BCUT2D eigenvalue weighted by Crippen LogP contribution is 2.20. The second-order valence-electron chi connectivity index (χ2n) is 4.60. The Morgan fingerprint density at radius 1 is 1.23 bits per heavy atom. The van der Waals surface area contributed by atoms with Crippen LogP contribution >= 0.6 is 0 Å². The molecule has 0 spiro atoms. The standard InChI is InChI=1S/C18H21NO3/c19-12-15(20)13-22-18-9-5-4-8-16(18)17(21)11-10-14-6-2-1-3-7-14/h1-9,15,20H,10-13,19H2/i12D2,13D2,15D. The zero-order valence-corrected chi connectivity index (χ0v) is 12.0. The lowest BCUT2D eigenvalue weighted by Gasteiger charge is -2.13. The van der Waals surface area contributed by atoms with E-state index >= 15 is 0 Å². The third-order valence-electron chi connectivity index (χ3n) is 3.07. The van der Waals surface area contributed by atoms with Crippen molar-refractivity contribution in [1.29, 1.82) is 0 Å². The summed E-state index contributed by atoms with van der Waals surface area (Å²) in [7, 11) is 0. The Morgan fingerprint density at radius 3 is 2.64 bits per heavy atom. The van der Waals surface area contributed by atoms with Crippen molar-refractivity contribution < 1.29 is 21.5 Å². The summed E-state index contributed by atoms with van der Waals surface area (Å²) < 4.78 is 42.7. The van der Waals surface area contributed by atoms with Crippen molar-refractivity contribution in [3.05, 3.63) is 65.7 Å². The maximum Gasteiger partial charge on any atom is 0.166 e. The molecule has 2 aromatic carbocycles. The predicted octanol–water partition coefficient (Wildman–Crippen LogP) is 2.20. The van der Waals surface area contributed by atoms with Crippen LogP contribution in [0, 0.1) is 0 Å². The maximum atomic E-state index is 12.6. The number of para-hydroxylation sites is 1. The highest BCUT2D eigenvalue weighted by atomic mass is 16.5. The third kappa shape index (κ3) is 4.69. The molecular weight excluding hydrogens is 278 g/mol. The molecule has 4 nitrogen and oxygen atoms in total. The number of carbonyl (C=O) groups excluding carboxylic acids is 1. The highest BCUT2D eigenvalue weighted by Gasteiger charge is 2.13. The Balaban J connectivity index is 2.21. The normalized spacial score (nSPS) is 18.0. The first kappa shape index (κ1) is 10.5. The Morgan fingerprint density at radius 2 is 1.91 bits per heavy atom. The van der Waals surface area contributed by atoms with Crippen LogP contribution in [0.2, 0.25) is 0 Å². The molecule has 116 valence electrons. The van der Waals surface area contributed by atoms with Crippen molar-refractivity contribution in [3.8, 4) is 5.75 Å². The van der Waals surface area contributed by atoms with E-state index in [1.54, 1.807) is 6.07 Å². The number of carbonyl (C=O) groups is 1. The van der Waals surface area contributed by atoms with Gasteiger partial charge in [0.25, 0.3) is 0 Å². The number of benzene rings is 2. The van der Waals surface area contributed by atoms with Crippen LogP contribution in [0.25, 0.3) is 0 Å². The average Bonchev–Trinajstić information content (AvgIpc) is 2.59. The third-order valence-corrected chi connectivity index (χ3v) is 3.07. The molecule has 0 saturated carbocycles. The van der Waals surface area contributed by atoms with E-state index in [0.29, 0.717) is 6.42 Å². The van der Waals surface area contributed by atoms with Gasteiger partial charge in [0.05, 0.1) is 9.68 Å². The molecule has 0 radical (unpaired) electrons. The Hall–Kier alpha value is -2.17. The number of aliphatic hydroxyl groups is 1. The summed E-state index contributed by atoms with van der Waals surface area (Å²) >= 11 is 0. The molecule has 0 aliphatic heterocycles. The highest BCUT2D eigenvalue weighted by molar-refractivity contribution is 5.98. The lowest BCUT2D eigenvalue weighted by atomic mass is 10.0. The molecule has 0 aliphatic rings. The second kappa shape index (κ2) is 8.32. The topological polar surface area (TPSA) is 72.6 Å². The largest absolute Gasteiger partial charge is 0.490 e. The second-order valence-corrected chi connectivity index (χ2v) is 4.60. The van der Waals surface area contributed by atoms with Crippen molar-refractivity contribution >= 4 is 5.78 Å². The smallest absolute Gasteiger partial charge is 0.166 e. The fourth-order valence-corrected chi connectivity index (χ4v) is 1.96. The van der Waals surface area contributed by atoms with E-state index in [4.69, 9.17) is 17.3 Å². The first-order valence-corrected chi connectivity index (χ1v) is 6.82. The molecule has 0 aromatic heterocycles. The SMILES string of the molecule is [2H]C([2H])(N)C([2H])(O)C([2H])([2H])Oc1ccccc1C(=O)CCc1ccccc1. The molecule has 1 atom stereocenters. The minimum Gasteiger partial charge on any atom is -0.490 e. The molecule has 0 amide bonds.